The Morgan fingerprint density at radius 3 is 2.63 bits per heavy atom. The molecule has 140 valence electrons. The van der Waals surface area contributed by atoms with Gasteiger partial charge in [-0.15, -0.1) is 0 Å². The number of para-hydroxylation sites is 3. The zero-order chi connectivity index (χ0) is 19.4. The van der Waals surface area contributed by atoms with E-state index in [0.29, 0.717) is 17.1 Å². The van der Waals surface area contributed by atoms with Gasteiger partial charge in [0, 0.05) is 12.5 Å². The van der Waals surface area contributed by atoms with Crippen LogP contribution in [0.1, 0.15) is 23.7 Å². The SMILES string of the molecule is COc1ccccc1C(=O)OCC(=O)N1c2ccccc2NC(=O)CC1C. The van der Waals surface area contributed by atoms with Gasteiger partial charge in [0.2, 0.25) is 5.91 Å². The van der Waals surface area contributed by atoms with Crippen molar-refractivity contribution in [2.45, 2.75) is 19.4 Å². The van der Waals surface area contributed by atoms with Crippen LogP contribution in [-0.2, 0) is 14.3 Å². The predicted molar refractivity (Wildman–Crippen MR) is 99.9 cm³/mol. The first-order valence-electron chi connectivity index (χ1n) is 8.52. The number of amides is 2. The molecule has 0 aromatic heterocycles. The van der Waals surface area contributed by atoms with E-state index in [-0.39, 0.29) is 23.9 Å². The third-order valence-corrected chi connectivity index (χ3v) is 4.28. The highest BCUT2D eigenvalue weighted by Crippen LogP contribution is 2.31. The molecule has 0 spiro atoms. The van der Waals surface area contributed by atoms with Crippen LogP contribution in [0.15, 0.2) is 48.5 Å². The quantitative estimate of drug-likeness (QED) is 0.839. The normalized spacial score (nSPS) is 16.0. The number of carbonyl (C=O) groups excluding carboxylic acids is 3. The monoisotopic (exact) mass is 368 g/mol. The van der Waals surface area contributed by atoms with Crippen LogP contribution >= 0.6 is 0 Å². The molecule has 0 fully saturated rings. The number of nitrogens with one attached hydrogen (secondary N) is 1. The molecule has 7 nitrogen and oxygen atoms in total. The van der Waals surface area contributed by atoms with E-state index in [0.717, 1.165) is 0 Å². The molecule has 0 bridgehead atoms. The van der Waals surface area contributed by atoms with Gasteiger partial charge < -0.3 is 19.7 Å². The maximum atomic E-state index is 12.8. The number of hydrogen-bond acceptors (Lipinski definition) is 5. The summed E-state index contributed by atoms with van der Waals surface area (Å²) in [5.41, 5.74) is 1.37. The number of carbonyl (C=O) groups is 3. The molecule has 2 amide bonds. The van der Waals surface area contributed by atoms with E-state index < -0.39 is 18.5 Å². The fraction of sp³-hybridized carbons (Fsp3) is 0.250. The van der Waals surface area contributed by atoms with Crippen LogP contribution in [0.2, 0.25) is 0 Å². The second-order valence-corrected chi connectivity index (χ2v) is 6.16. The van der Waals surface area contributed by atoms with E-state index >= 15 is 0 Å². The Bertz CT molecular complexity index is 880. The van der Waals surface area contributed by atoms with Gasteiger partial charge in [-0.2, -0.15) is 0 Å². The Morgan fingerprint density at radius 2 is 1.85 bits per heavy atom. The number of ether oxygens (including phenoxy) is 2. The summed E-state index contributed by atoms with van der Waals surface area (Å²) in [6.45, 7) is 1.34. The highest BCUT2D eigenvalue weighted by molar-refractivity contribution is 6.05. The van der Waals surface area contributed by atoms with E-state index in [4.69, 9.17) is 9.47 Å². The zero-order valence-electron chi connectivity index (χ0n) is 15.1. The Hall–Kier alpha value is -3.35. The van der Waals surface area contributed by atoms with Crippen molar-refractivity contribution in [3.8, 4) is 5.75 Å². The van der Waals surface area contributed by atoms with Crippen molar-refractivity contribution < 1.29 is 23.9 Å². The molecule has 7 heteroatoms. The van der Waals surface area contributed by atoms with Crippen molar-refractivity contribution in [3.63, 3.8) is 0 Å². The average Bonchev–Trinajstić information content (AvgIpc) is 2.79. The molecule has 2 aromatic rings. The standard InChI is InChI=1S/C20H20N2O5/c1-13-11-18(23)21-15-8-4-5-9-16(15)22(13)19(24)12-27-20(25)14-7-3-6-10-17(14)26-2/h3-10,13H,11-12H2,1-2H3,(H,21,23). The topological polar surface area (TPSA) is 84.9 Å². The zero-order valence-corrected chi connectivity index (χ0v) is 15.1. The molecule has 0 radical (unpaired) electrons. The van der Waals surface area contributed by atoms with E-state index in [1.54, 1.807) is 55.5 Å². The molecule has 27 heavy (non-hydrogen) atoms. The van der Waals surface area contributed by atoms with Gasteiger partial charge in [0.25, 0.3) is 5.91 Å². The summed E-state index contributed by atoms with van der Waals surface area (Å²) in [6.07, 6.45) is 0.154. The van der Waals surface area contributed by atoms with Crippen molar-refractivity contribution in [2.75, 3.05) is 23.9 Å². The molecular formula is C20H20N2O5. The molecule has 1 aliphatic heterocycles. The number of anilines is 2. The van der Waals surface area contributed by atoms with Crippen molar-refractivity contribution in [1.82, 2.24) is 0 Å². The van der Waals surface area contributed by atoms with Crippen LogP contribution in [0, 0.1) is 0 Å². The number of benzene rings is 2. The molecule has 1 unspecified atom stereocenters. The van der Waals surface area contributed by atoms with Crippen LogP contribution in [0.3, 0.4) is 0 Å². The van der Waals surface area contributed by atoms with Gasteiger partial charge in [0.05, 0.1) is 18.5 Å². The first kappa shape index (κ1) is 18.4. The molecule has 2 aromatic carbocycles. The number of rotatable bonds is 4. The van der Waals surface area contributed by atoms with E-state index in [1.165, 1.54) is 12.0 Å². The largest absolute Gasteiger partial charge is 0.496 e. The van der Waals surface area contributed by atoms with Gasteiger partial charge in [0.1, 0.15) is 11.3 Å². The Kier molecular flexibility index (Phi) is 5.40. The van der Waals surface area contributed by atoms with Gasteiger partial charge in [-0.3, -0.25) is 9.59 Å². The smallest absolute Gasteiger partial charge is 0.342 e. The third kappa shape index (κ3) is 3.92. The lowest BCUT2D eigenvalue weighted by Crippen LogP contribution is -2.41. The highest BCUT2D eigenvalue weighted by Gasteiger charge is 2.30. The number of hydrogen-bond donors (Lipinski definition) is 1. The second kappa shape index (κ2) is 7.90. The lowest BCUT2D eigenvalue weighted by Gasteiger charge is -2.27. The first-order chi connectivity index (χ1) is 13.0. The minimum atomic E-state index is -0.647. The lowest BCUT2D eigenvalue weighted by atomic mass is 10.1. The highest BCUT2D eigenvalue weighted by atomic mass is 16.5. The van der Waals surface area contributed by atoms with Crippen LogP contribution in [0.4, 0.5) is 11.4 Å². The Morgan fingerprint density at radius 1 is 1.15 bits per heavy atom. The summed E-state index contributed by atoms with van der Waals surface area (Å²) in [7, 11) is 1.46. The summed E-state index contributed by atoms with van der Waals surface area (Å²) in [4.78, 5) is 38.6. The van der Waals surface area contributed by atoms with Gasteiger partial charge in [-0.1, -0.05) is 24.3 Å². The molecule has 1 atom stereocenters. The van der Waals surface area contributed by atoms with Crippen LogP contribution in [0.25, 0.3) is 0 Å². The minimum absolute atomic E-state index is 0.154. The summed E-state index contributed by atoms with van der Waals surface area (Å²) in [5.74, 6) is -0.852. The van der Waals surface area contributed by atoms with Crippen LogP contribution < -0.4 is 15.0 Å². The van der Waals surface area contributed by atoms with Gasteiger partial charge in [-0.25, -0.2) is 4.79 Å². The third-order valence-electron chi connectivity index (χ3n) is 4.28. The lowest BCUT2D eigenvalue weighted by molar-refractivity contribution is -0.122. The maximum Gasteiger partial charge on any atom is 0.342 e. The number of fused-ring (bicyclic) bond motifs is 1. The van der Waals surface area contributed by atoms with Gasteiger partial charge in [-0.05, 0) is 31.2 Å². The fourth-order valence-electron chi connectivity index (χ4n) is 3.06. The van der Waals surface area contributed by atoms with Crippen molar-refractivity contribution in [3.05, 3.63) is 54.1 Å². The Balaban J connectivity index is 1.77. The van der Waals surface area contributed by atoms with Crippen molar-refractivity contribution in [2.24, 2.45) is 0 Å². The predicted octanol–water partition coefficient (Wildman–Crippen LogP) is 2.62. The molecule has 1 heterocycles. The molecular weight excluding hydrogens is 348 g/mol. The molecule has 0 aliphatic carbocycles. The van der Waals surface area contributed by atoms with E-state index in [2.05, 4.69) is 5.32 Å². The summed E-state index contributed by atoms with van der Waals surface area (Å²) < 4.78 is 10.3. The first-order valence-corrected chi connectivity index (χ1v) is 8.52. The van der Waals surface area contributed by atoms with Crippen LogP contribution in [0.5, 0.6) is 5.75 Å². The van der Waals surface area contributed by atoms with E-state index in [9.17, 15) is 14.4 Å². The molecule has 1 aliphatic rings. The second-order valence-electron chi connectivity index (χ2n) is 6.16. The van der Waals surface area contributed by atoms with Crippen molar-refractivity contribution >= 4 is 29.2 Å². The number of nitrogens with zero attached hydrogens (tertiary/aromatic N) is 1. The summed E-state index contributed by atoms with van der Waals surface area (Å²) in [5, 5.41) is 2.79. The minimum Gasteiger partial charge on any atom is -0.496 e. The maximum absolute atomic E-state index is 12.8. The van der Waals surface area contributed by atoms with E-state index in [1.807, 2.05) is 0 Å². The Labute approximate surface area is 156 Å². The molecule has 1 N–H and O–H groups in total. The summed E-state index contributed by atoms with van der Waals surface area (Å²) in [6, 6.07) is 13.3. The molecule has 3 rings (SSSR count). The van der Waals surface area contributed by atoms with Crippen LogP contribution in [-0.4, -0.2) is 37.5 Å². The molecule has 0 saturated heterocycles. The van der Waals surface area contributed by atoms with Gasteiger partial charge in [0.15, 0.2) is 6.61 Å². The summed E-state index contributed by atoms with van der Waals surface area (Å²) >= 11 is 0. The number of esters is 1. The van der Waals surface area contributed by atoms with Gasteiger partial charge >= 0.3 is 5.97 Å². The fourth-order valence-corrected chi connectivity index (χ4v) is 3.06. The van der Waals surface area contributed by atoms with Crippen molar-refractivity contribution in [1.29, 1.82) is 0 Å². The average molecular weight is 368 g/mol. The molecule has 0 saturated carbocycles. The number of methoxy groups -OCH3 is 1.